The molecule has 0 aromatic heterocycles. The molecule has 1 aromatic carbocycles. The van der Waals surface area contributed by atoms with Crippen molar-refractivity contribution in [3.05, 3.63) is 23.2 Å². The molecule has 0 aliphatic carbocycles. The van der Waals surface area contributed by atoms with Crippen molar-refractivity contribution in [2.75, 3.05) is 23.7 Å². The maximum atomic E-state index is 12.1. The Morgan fingerprint density at radius 2 is 2.15 bits per heavy atom. The second-order valence-electron chi connectivity index (χ2n) is 4.91. The molecule has 1 saturated heterocycles. The number of hydrogen-bond acceptors (Lipinski definition) is 3. The summed E-state index contributed by atoms with van der Waals surface area (Å²) in [5, 5.41) is 9.09. The Labute approximate surface area is 123 Å². The molecule has 1 aliphatic rings. The lowest BCUT2D eigenvalue weighted by Crippen LogP contribution is -2.37. The molecule has 1 heterocycles. The standard InChI is InChI=1S/C14H18ClN3O2/c1-9(19)17-13-5-4-11(7-12(13)15)18-14(20)10-3-2-6-16-8-10/h4-5,7,10,16H,2-3,6,8H2,1H3,(H,17,19)(H,18,20)/t10-/m1/s1. The zero-order valence-corrected chi connectivity index (χ0v) is 12.1. The Kier molecular flexibility index (Phi) is 4.98. The monoisotopic (exact) mass is 295 g/mol. The van der Waals surface area contributed by atoms with Crippen LogP contribution in [0.3, 0.4) is 0 Å². The first-order chi connectivity index (χ1) is 9.56. The topological polar surface area (TPSA) is 70.2 Å². The van der Waals surface area contributed by atoms with Gasteiger partial charge in [-0.3, -0.25) is 9.59 Å². The molecule has 1 aliphatic heterocycles. The summed E-state index contributed by atoms with van der Waals surface area (Å²) < 4.78 is 0. The average molecular weight is 296 g/mol. The minimum absolute atomic E-state index is 0.000503. The van der Waals surface area contributed by atoms with E-state index in [0.717, 1.165) is 19.4 Å². The average Bonchev–Trinajstić information content (AvgIpc) is 2.42. The number of halogens is 1. The Hall–Kier alpha value is -1.59. The first kappa shape index (κ1) is 14.8. The molecule has 5 nitrogen and oxygen atoms in total. The fraction of sp³-hybridized carbons (Fsp3) is 0.429. The second-order valence-corrected chi connectivity index (χ2v) is 5.32. The van der Waals surface area contributed by atoms with E-state index in [9.17, 15) is 9.59 Å². The molecule has 0 spiro atoms. The highest BCUT2D eigenvalue weighted by Crippen LogP contribution is 2.26. The molecule has 2 rings (SSSR count). The number of carbonyl (C=O) groups excluding carboxylic acids is 2. The summed E-state index contributed by atoms with van der Waals surface area (Å²) in [5.41, 5.74) is 1.18. The van der Waals surface area contributed by atoms with E-state index in [1.165, 1.54) is 6.92 Å². The van der Waals surface area contributed by atoms with Crippen LogP contribution < -0.4 is 16.0 Å². The van der Waals surface area contributed by atoms with Gasteiger partial charge in [0.25, 0.3) is 0 Å². The Balaban J connectivity index is 2.00. The molecular formula is C14H18ClN3O2. The molecule has 1 fully saturated rings. The quantitative estimate of drug-likeness (QED) is 0.801. The minimum Gasteiger partial charge on any atom is -0.326 e. The van der Waals surface area contributed by atoms with E-state index in [1.807, 2.05) is 0 Å². The highest BCUT2D eigenvalue weighted by atomic mass is 35.5. The molecule has 0 bridgehead atoms. The lowest BCUT2D eigenvalue weighted by molar-refractivity contribution is -0.120. The fourth-order valence-electron chi connectivity index (χ4n) is 2.20. The molecule has 2 amide bonds. The van der Waals surface area contributed by atoms with Crippen LogP contribution in [0.1, 0.15) is 19.8 Å². The SMILES string of the molecule is CC(=O)Nc1ccc(NC(=O)[C@@H]2CCCNC2)cc1Cl. The fourth-order valence-corrected chi connectivity index (χ4v) is 2.43. The van der Waals surface area contributed by atoms with Gasteiger partial charge < -0.3 is 16.0 Å². The highest BCUT2D eigenvalue weighted by molar-refractivity contribution is 6.34. The van der Waals surface area contributed by atoms with Crippen LogP contribution in [0.15, 0.2) is 18.2 Å². The smallest absolute Gasteiger partial charge is 0.228 e. The van der Waals surface area contributed by atoms with Crippen LogP contribution in [0, 0.1) is 5.92 Å². The second kappa shape index (κ2) is 6.72. The molecule has 1 aromatic rings. The highest BCUT2D eigenvalue weighted by Gasteiger charge is 2.20. The largest absolute Gasteiger partial charge is 0.326 e. The van der Waals surface area contributed by atoms with E-state index in [-0.39, 0.29) is 17.7 Å². The van der Waals surface area contributed by atoms with Gasteiger partial charge in [-0.25, -0.2) is 0 Å². The lowest BCUT2D eigenvalue weighted by atomic mass is 9.99. The minimum atomic E-state index is -0.183. The van der Waals surface area contributed by atoms with Crippen LogP contribution in [-0.4, -0.2) is 24.9 Å². The van der Waals surface area contributed by atoms with Gasteiger partial charge in [0.2, 0.25) is 11.8 Å². The molecule has 20 heavy (non-hydrogen) atoms. The predicted octanol–water partition coefficient (Wildman–Crippen LogP) is 2.24. The number of nitrogens with one attached hydrogen (secondary N) is 3. The Morgan fingerprint density at radius 3 is 2.75 bits per heavy atom. The van der Waals surface area contributed by atoms with Crippen LogP contribution in [0.2, 0.25) is 5.02 Å². The molecular weight excluding hydrogens is 278 g/mol. The van der Waals surface area contributed by atoms with Crippen LogP contribution in [0.25, 0.3) is 0 Å². The van der Waals surface area contributed by atoms with Crippen molar-refractivity contribution in [2.45, 2.75) is 19.8 Å². The molecule has 108 valence electrons. The summed E-state index contributed by atoms with van der Waals surface area (Å²) in [6.07, 6.45) is 1.91. The third kappa shape index (κ3) is 3.95. The van der Waals surface area contributed by atoms with Crippen molar-refractivity contribution in [1.29, 1.82) is 0 Å². The van der Waals surface area contributed by atoms with Gasteiger partial charge >= 0.3 is 0 Å². The number of rotatable bonds is 3. The first-order valence-corrected chi connectivity index (χ1v) is 7.03. The van der Waals surface area contributed by atoms with E-state index in [2.05, 4.69) is 16.0 Å². The van der Waals surface area contributed by atoms with Crippen molar-refractivity contribution in [2.24, 2.45) is 5.92 Å². The van der Waals surface area contributed by atoms with Gasteiger partial charge in [0.05, 0.1) is 16.6 Å². The van der Waals surface area contributed by atoms with E-state index in [1.54, 1.807) is 18.2 Å². The summed E-state index contributed by atoms with van der Waals surface area (Å²) in [7, 11) is 0. The molecule has 3 N–H and O–H groups in total. The number of carbonyl (C=O) groups is 2. The van der Waals surface area contributed by atoms with Crippen molar-refractivity contribution in [1.82, 2.24) is 5.32 Å². The third-order valence-corrected chi connectivity index (χ3v) is 3.53. The maximum Gasteiger partial charge on any atom is 0.228 e. The predicted molar refractivity (Wildman–Crippen MR) is 80.0 cm³/mol. The number of benzene rings is 1. The Morgan fingerprint density at radius 1 is 1.35 bits per heavy atom. The van der Waals surface area contributed by atoms with E-state index >= 15 is 0 Å². The molecule has 0 unspecified atom stereocenters. The zero-order chi connectivity index (χ0) is 14.5. The van der Waals surface area contributed by atoms with E-state index in [0.29, 0.717) is 22.9 Å². The summed E-state index contributed by atoms with van der Waals surface area (Å²) in [6, 6.07) is 5.05. The number of amides is 2. The molecule has 1 atom stereocenters. The van der Waals surface area contributed by atoms with Crippen molar-refractivity contribution in [3.8, 4) is 0 Å². The summed E-state index contributed by atoms with van der Waals surface area (Å²) in [6.45, 7) is 3.10. The van der Waals surface area contributed by atoms with Gasteiger partial charge in [0.1, 0.15) is 0 Å². The van der Waals surface area contributed by atoms with Crippen molar-refractivity contribution >= 4 is 34.8 Å². The Bertz CT molecular complexity index is 513. The van der Waals surface area contributed by atoms with E-state index < -0.39 is 0 Å². The molecule has 6 heteroatoms. The van der Waals surface area contributed by atoms with Crippen molar-refractivity contribution < 1.29 is 9.59 Å². The number of piperidine rings is 1. The summed E-state index contributed by atoms with van der Waals surface area (Å²) >= 11 is 6.06. The molecule has 0 radical (unpaired) electrons. The van der Waals surface area contributed by atoms with Gasteiger partial charge in [0, 0.05) is 19.2 Å². The van der Waals surface area contributed by atoms with Crippen LogP contribution in [0.4, 0.5) is 11.4 Å². The van der Waals surface area contributed by atoms with Crippen LogP contribution >= 0.6 is 11.6 Å². The van der Waals surface area contributed by atoms with E-state index in [4.69, 9.17) is 11.6 Å². The zero-order valence-electron chi connectivity index (χ0n) is 11.3. The summed E-state index contributed by atoms with van der Waals surface area (Å²) in [5.74, 6) is -0.185. The summed E-state index contributed by atoms with van der Waals surface area (Å²) in [4.78, 5) is 23.1. The first-order valence-electron chi connectivity index (χ1n) is 6.65. The van der Waals surface area contributed by atoms with Crippen LogP contribution in [0.5, 0.6) is 0 Å². The number of hydrogen-bond donors (Lipinski definition) is 3. The third-order valence-electron chi connectivity index (χ3n) is 3.21. The van der Waals surface area contributed by atoms with Gasteiger partial charge in [-0.05, 0) is 37.6 Å². The van der Waals surface area contributed by atoms with Gasteiger partial charge in [-0.1, -0.05) is 11.6 Å². The van der Waals surface area contributed by atoms with Gasteiger partial charge in [0.15, 0.2) is 0 Å². The van der Waals surface area contributed by atoms with Gasteiger partial charge in [-0.15, -0.1) is 0 Å². The maximum absolute atomic E-state index is 12.1. The normalized spacial score (nSPS) is 18.4. The van der Waals surface area contributed by atoms with Crippen molar-refractivity contribution in [3.63, 3.8) is 0 Å². The van der Waals surface area contributed by atoms with Crippen LogP contribution in [-0.2, 0) is 9.59 Å². The lowest BCUT2D eigenvalue weighted by Gasteiger charge is -2.22. The molecule has 0 saturated carbocycles. The number of anilines is 2. The van der Waals surface area contributed by atoms with Gasteiger partial charge in [-0.2, -0.15) is 0 Å².